The topological polar surface area (TPSA) is 58.6 Å². The van der Waals surface area contributed by atoms with Crippen LogP contribution >= 0.6 is 11.6 Å². The van der Waals surface area contributed by atoms with Gasteiger partial charge in [0.1, 0.15) is 6.10 Å². The van der Waals surface area contributed by atoms with Crippen LogP contribution in [0.1, 0.15) is 18.4 Å². The number of amides is 1. The first-order valence-electron chi connectivity index (χ1n) is 8.90. The molecule has 3 rings (SSSR count). The smallest absolute Gasteiger partial charge is 0.257 e. The highest BCUT2D eigenvalue weighted by molar-refractivity contribution is 6.30. The molecule has 1 aliphatic rings. The molecule has 1 unspecified atom stereocenters. The molecule has 0 bridgehead atoms. The Labute approximate surface area is 164 Å². The van der Waals surface area contributed by atoms with E-state index in [9.17, 15) is 4.79 Å². The van der Waals surface area contributed by atoms with Gasteiger partial charge in [0.25, 0.3) is 5.88 Å². The Morgan fingerprint density at radius 3 is 2.74 bits per heavy atom. The Hall–Kier alpha value is -2.60. The van der Waals surface area contributed by atoms with Crippen LogP contribution in [0.4, 0.5) is 5.82 Å². The fraction of sp³-hybridized carbons (Fsp3) is 0.350. The summed E-state index contributed by atoms with van der Waals surface area (Å²) in [4.78, 5) is 24.8. The summed E-state index contributed by atoms with van der Waals surface area (Å²) in [6, 6.07) is 7.37. The minimum atomic E-state index is -0.0953. The molecular formula is C20H23ClN4O2. The molecule has 0 N–H and O–H groups in total. The number of benzene rings is 1. The summed E-state index contributed by atoms with van der Waals surface area (Å²) in [5.41, 5.74) is 0.938. The van der Waals surface area contributed by atoms with Crippen LogP contribution in [-0.4, -0.2) is 54.1 Å². The van der Waals surface area contributed by atoms with Crippen molar-refractivity contribution in [3.05, 3.63) is 53.3 Å². The summed E-state index contributed by atoms with van der Waals surface area (Å²) in [6.45, 7) is 1.26. The SMILES string of the molecule is CN(C)c1nccnc1OC1CCCN(C(=O)/C=C/c2ccc(Cl)cc2)C1. The lowest BCUT2D eigenvalue weighted by Gasteiger charge is -2.32. The number of likely N-dealkylation sites (tertiary alicyclic amines) is 1. The number of carbonyl (C=O) groups excluding carboxylic acids is 1. The van der Waals surface area contributed by atoms with Gasteiger partial charge in [-0.15, -0.1) is 0 Å². The van der Waals surface area contributed by atoms with Crippen LogP contribution in [0.25, 0.3) is 6.08 Å². The molecular weight excluding hydrogens is 364 g/mol. The number of carbonyl (C=O) groups is 1. The van der Waals surface area contributed by atoms with Crippen LogP contribution in [-0.2, 0) is 4.79 Å². The first-order chi connectivity index (χ1) is 13.0. The second kappa shape index (κ2) is 8.86. The molecule has 6 nitrogen and oxygen atoms in total. The molecule has 0 radical (unpaired) electrons. The molecule has 7 heteroatoms. The minimum Gasteiger partial charge on any atom is -0.470 e. The molecule has 1 aliphatic heterocycles. The van der Waals surface area contributed by atoms with Crippen LogP contribution < -0.4 is 9.64 Å². The summed E-state index contributed by atoms with van der Waals surface area (Å²) < 4.78 is 6.06. The number of nitrogens with zero attached hydrogens (tertiary/aromatic N) is 4. The maximum atomic E-state index is 12.5. The number of ether oxygens (including phenoxy) is 1. The van der Waals surface area contributed by atoms with Crippen molar-refractivity contribution >= 4 is 29.4 Å². The van der Waals surface area contributed by atoms with Gasteiger partial charge in [-0.25, -0.2) is 9.97 Å². The molecule has 2 aromatic rings. The summed E-state index contributed by atoms with van der Waals surface area (Å²) in [6.07, 6.45) is 8.33. The lowest BCUT2D eigenvalue weighted by molar-refractivity contribution is -0.128. The molecule has 0 aliphatic carbocycles. The summed E-state index contributed by atoms with van der Waals surface area (Å²) in [5.74, 6) is 1.16. The average Bonchev–Trinajstić information content (AvgIpc) is 2.68. The van der Waals surface area contributed by atoms with E-state index in [-0.39, 0.29) is 12.0 Å². The molecule has 1 saturated heterocycles. The predicted molar refractivity (Wildman–Crippen MR) is 107 cm³/mol. The standard InChI is InChI=1S/C20H23ClN4O2/c1-24(2)19-20(23-12-11-22-19)27-17-4-3-13-25(14-17)18(26)10-7-15-5-8-16(21)9-6-15/h5-12,17H,3-4,13-14H2,1-2H3/b10-7+. The summed E-state index contributed by atoms with van der Waals surface area (Å²) >= 11 is 5.88. The Bertz CT molecular complexity index is 808. The number of hydrogen-bond acceptors (Lipinski definition) is 5. The minimum absolute atomic E-state index is 0.0229. The lowest BCUT2D eigenvalue weighted by Crippen LogP contribution is -2.44. The highest BCUT2D eigenvalue weighted by Gasteiger charge is 2.25. The Balaban J connectivity index is 1.62. The van der Waals surface area contributed by atoms with Crippen molar-refractivity contribution in [1.29, 1.82) is 0 Å². The Morgan fingerprint density at radius 1 is 1.26 bits per heavy atom. The van der Waals surface area contributed by atoms with Gasteiger partial charge < -0.3 is 14.5 Å². The quantitative estimate of drug-likeness (QED) is 0.738. The molecule has 27 heavy (non-hydrogen) atoms. The molecule has 1 fully saturated rings. The second-order valence-electron chi connectivity index (χ2n) is 6.63. The van der Waals surface area contributed by atoms with Crippen LogP contribution in [0.3, 0.4) is 0 Å². The molecule has 0 spiro atoms. The number of anilines is 1. The van der Waals surface area contributed by atoms with Crippen LogP contribution in [0.2, 0.25) is 5.02 Å². The van der Waals surface area contributed by atoms with Crippen molar-refractivity contribution in [3.8, 4) is 5.88 Å². The number of halogens is 1. The predicted octanol–water partition coefficient (Wildman–Crippen LogP) is 3.28. The van der Waals surface area contributed by atoms with Crippen molar-refractivity contribution < 1.29 is 9.53 Å². The van der Waals surface area contributed by atoms with E-state index in [4.69, 9.17) is 16.3 Å². The van der Waals surface area contributed by atoms with E-state index in [1.807, 2.05) is 36.0 Å². The average molecular weight is 387 g/mol. The zero-order chi connectivity index (χ0) is 19.2. The molecule has 1 amide bonds. The fourth-order valence-electron chi connectivity index (χ4n) is 2.95. The van der Waals surface area contributed by atoms with E-state index < -0.39 is 0 Å². The van der Waals surface area contributed by atoms with Gasteiger partial charge in [-0.1, -0.05) is 23.7 Å². The van der Waals surface area contributed by atoms with Crippen molar-refractivity contribution in [2.45, 2.75) is 18.9 Å². The first-order valence-corrected chi connectivity index (χ1v) is 9.28. The summed E-state index contributed by atoms with van der Waals surface area (Å²) in [7, 11) is 3.80. The monoisotopic (exact) mass is 386 g/mol. The fourth-order valence-corrected chi connectivity index (χ4v) is 3.07. The molecule has 1 aromatic heterocycles. The van der Waals surface area contributed by atoms with Crippen LogP contribution in [0, 0.1) is 0 Å². The normalized spacial score (nSPS) is 17.1. The maximum Gasteiger partial charge on any atom is 0.257 e. The largest absolute Gasteiger partial charge is 0.470 e. The lowest BCUT2D eigenvalue weighted by atomic mass is 10.1. The first kappa shape index (κ1) is 19.2. The molecule has 2 heterocycles. The third-order valence-corrected chi connectivity index (χ3v) is 4.58. The van der Waals surface area contributed by atoms with Gasteiger partial charge in [-0.2, -0.15) is 0 Å². The highest BCUT2D eigenvalue weighted by Crippen LogP contribution is 2.24. The highest BCUT2D eigenvalue weighted by atomic mass is 35.5. The van der Waals surface area contributed by atoms with Gasteiger partial charge in [0.15, 0.2) is 5.82 Å². The van der Waals surface area contributed by atoms with Gasteiger partial charge in [-0.05, 0) is 36.6 Å². The van der Waals surface area contributed by atoms with E-state index in [0.717, 1.165) is 24.9 Å². The summed E-state index contributed by atoms with van der Waals surface area (Å²) in [5, 5.41) is 0.676. The van der Waals surface area contributed by atoms with E-state index in [0.29, 0.717) is 23.3 Å². The number of rotatable bonds is 5. The maximum absolute atomic E-state index is 12.5. The Morgan fingerprint density at radius 2 is 2.00 bits per heavy atom. The van der Waals surface area contributed by atoms with Crippen molar-refractivity contribution in [1.82, 2.24) is 14.9 Å². The molecule has 142 valence electrons. The van der Waals surface area contributed by atoms with Gasteiger partial charge in [-0.3, -0.25) is 4.79 Å². The van der Waals surface area contributed by atoms with Gasteiger partial charge in [0.05, 0.1) is 6.54 Å². The van der Waals surface area contributed by atoms with Crippen LogP contribution in [0.5, 0.6) is 5.88 Å². The van der Waals surface area contributed by atoms with Gasteiger partial charge in [0.2, 0.25) is 5.91 Å². The van der Waals surface area contributed by atoms with Crippen LogP contribution in [0.15, 0.2) is 42.7 Å². The number of aromatic nitrogens is 2. The molecule has 1 atom stereocenters. The van der Waals surface area contributed by atoms with E-state index in [1.165, 1.54) is 0 Å². The van der Waals surface area contributed by atoms with Gasteiger partial charge in [0, 0.05) is 44.1 Å². The van der Waals surface area contributed by atoms with Crippen molar-refractivity contribution in [3.63, 3.8) is 0 Å². The third kappa shape index (κ3) is 5.20. The zero-order valence-corrected chi connectivity index (χ0v) is 16.3. The van der Waals surface area contributed by atoms with E-state index >= 15 is 0 Å². The van der Waals surface area contributed by atoms with Crippen molar-refractivity contribution in [2.75, 3.05) is 32.1 Å². The Kier molecular flexibility index (Phi) is 6.29. The zero-order valence-electron chi connectivity index (χ0n) is 15.5. The molecule has 1 aromatic carbocycles. The molecule has 0 saturated carbocycles. The second-order valence-corrected chi connectivity index (χ2v) is 7.07. The number of hydrogen-bond donors (Lipinski definition) is 0. The van der Waals surface area contributed by atoms with Crippen molar-refractivity contribution in [2.24, 2.45) is 0 Å². The third-order valence-electron chi connectivity index (χ3n) is 4.33. The van der Waals surface area contributed by atoms with Gasteiger partial charge >= 0.3 is 0 Å². The van der Waals surface area contributed by atoms with E-state index in [2.05, 4.69) is 9.97 Å². The van der Waals surface area contributed by atoms with E-state index in [1.54, 1.807) is 36.7 Å². The number of piperidine rings is 1.